The van der Waals surface area contributed by atoms with Gasteiger partial charge in [0.15, 0.2) is 0 Å². The quantitative estimate of drug-likeness (QED) is 0.750. The number of rotatable bonds is 4. The molecule has 0 bridgehead atoms. The molecule has 1 fully saturated rings. The molecule has 1 N–H and O–H groups in total. The largest absolute Gasteiger partial charge is 0.358 e. The summed E-state index contributed by atoms with van der Waals surface area (Å²) in [5.74, 6) is 0.140. The summed E-state index contributed by atoms with van der Waals surface area (Å²) >= 11 is 0. The molecule has 0 aliphatic heterocycles. The van der Waals surface area contributed by atoms with Crippen molar-refractivity contribution in [3.05, 3.63) is 70.9 Å². The summed E-state index contributed by atoms with van der Waals surface area (Å²) in [6.07, 6.45) is 2.23. The van der Waals surface area contributed by atoms with E-state index in [1.807, 2.05) is 41.3 Å². The van der Waals surface area contributed by atoms with E-state index < -0.39 is 0 Å². The smallest absolute Gasteiger partial charge is 0.254 e. The lowest BCUT2D eigenvalue weighted by Crippen LogP contribution is -2.32. The van der Waals surface area contributed by atoms with Gasteiger partial charge in [0.2, 0.25) is 0 Å². The van der Waals surface area contributed by atoms with Gasteiger partial charge in [-0.15, -0.1) is 0 Å². The summed E-state index contributed by atoms with van der Waals surface area (Å²) in [7, 11) is 0. The normalized spacial score (nSPS) is 14.1. The summed E-state index contributed by atoms with van der Waals surface area (Å²) in [4.78, 5) is 18.5. The zero-order chi connectivity index (χ0) is 16.7. The van der Waals surface area contributed by atoms with Crippen LogP contribution in [-0.2, 0) is 6.54 Å². The number of hydrogen-bond donors (Lipinski definition) is 1. The average Bonchev–Trinajstić information content (AvgIpc) is 3.40. The summed E-state index contributed by atoms with van der Waals surface area (Å²) in [6, 6.07) is 16.6. The van der Waals surface area contributed by atoms with Crippen LogP contribution in [0.5, 0.6) is 0 Å². The van der Waals surface area contributed by atoms with Crippen LogP contribution < -0.4 is 0 Å². The number of aryl methyl sites for hydroxylation is 2. The number of carbonyl (C=O) groups excluding carboxylic acids is 1. The van der Waals surface area contributed by atoms with Crippen LogP contribution in [0.2, 0.25) is 0 Å². The summed E-state index contributed by atoms with van der Waals surface area (Å²) in [5.41, 5.74) is 5.46. The number of hydrogen-bond acceptors (Lipinski definition) is 1. The van der Waals surface area contributed by atoms with Crippen molar-refractivity contribution in [2.24, 2.45) is 0 Å². The molecule has 122 valence electrons. The number of aromatic nitrogens is 1. The van der Waals surface area contributed by atoms with Crippen LogP contribution in [0.15, 0.2) is 48.5 Å². The molecule has 3 nitrogen and oxygen atoms in total. The Morgan fingerprint density at radius 1 is 1.12 bits per heavy atom. The van der Waals surface area contributed by atoms with Crippen LogP contribution in [0.25, 0.3) is 10.9 Å². The van der Waals surface area contributed by atoms with Gasteiger partial charge in [-0.05, 0) is 56.0 Å². The molecular formula is C21H22N2O. The van der Waals surface area contributed by atoms with Gasteiger partial charge in [0.1, 0.15) is 0 Å². The zero-order valence-corrected chi connectivity index (χ0v) is 14.2. The second-order valence-electron chi connectivity index (χ2n) is 6.79. The van der Waals surface area contributed by atoms with E-state index in [-0.39, 0.29) is 5.91 Å². The van der Waals surface area contributed by atoms with Crippen molar-refractivity contribution in [1.29, 1.82) is 0 Å². The molecule has 3 heteroatoms. The molecule has 1 aliphatic rings. The molecular weight excluding hydrogens is 296 g/mol. The number of amides is 1. The van der Waals surface area contributed by atoms with Crippen LogP contribution >= 0.6 is 0 Å². The first kappa shape index (κ1) is 15.0. The van der Waals surface area contributed by atoms with Gasteiger partial charge in [0, 0.05) is 34.7 Å². The molecule has 4 rings (SSSR count). The van der Waals surface area contributed by atoms with Crippen molar-refractivity contribution in [3.63, 3.8) is 0 Å². The third-order valence-corrected chi connectivity index (χ3v) is 5.00. The first-order valence-electron chi connectivity index (χ1n) is 8.57. The number of carbonyl (C=O) groups is 1. The highest BCUT2D eigenvalue weighted by Crippen LogP contribution is 2.31. The number of aromatic amines is 1. The molecule has 0 radical (unpaired) electrons. The summed E-state index contributed by atoms with van der Waals surface area (Å²) < 4.78 is 0. The van der Waals surface area contributed by atoms with Gasteiger partial charge >= 0.3 is 0 Å². The number of H-pyrrole nitrogens is 1. The molecule has 1 saturated carbocycles. The Hall–Kier alpha value is -2.55. The Balaban J connectivity index is 1.66. The molecule has 1 heterocycles. The predicted octanol–water partition coefficient (Wildman–Crippen LogP) is 4.59. The van der Waals surface area contributed by atoms with Crippen LogP contribution in [0.3, 0.4) is 0 Å². The van der Waals surface area contributed by atoms with Gasteiger partial charge in [-0.3, -0.25) is 4.79 Å². The fraction of sp³-hybridized carbons (Fsp3) is 0.286. The SMILES string of the molecule is Cc1[nH]c2ccc(C(=O)N(Cc3ccccc3)C3CC3)cc2c1C. The van der Waals surface area contributed by atoms with Crippen LogP contribution in [0.1, 0.15) is 40.0 Å². The molecule has 24 heavy (non-hydrogen) atoms. The van der Waals surface area contributed by atoms with E-state index in [1.165, 1.54) is 11.1 Å². The fourth-order valence-electron chi connectivity index (χ4n) is 3.29. The van der Waals surface area contributed by atoms with Crippen molar-refractivity contribution in [3.8, 4) is 0 Å². The second-order valence-corrected chi connectivity index (χ2v) is 6.79. The molecule has 2 aromatic carbocycles. The van der Waals surface area contributed by atoms with Crippen molar-refractivity contribution in [1.82, 2.24) is 9.88 Å². The van der Waals surface area contributed by atoms with E-state index >= 15 is 0 Å². The van der Waals surface area contributed by atoms with Gasteiger partial charge in [0.25, 0.3) is 5.91 Å². The van der Waals surface area contributed by atoms with E-state index in [4.69, 9.17) is 0 Å². The lowest BCUT2D eigenvalue weighted by atomic mass is 10.1. The third kappa shape index (κ3) is 2.71. The Kier molecular flexibility index (Phi) is 3.64. The summed E-state index contributed by atoms with van der Waals surface area (Å²) in [6.45, 7) is 4.86. The predicted molar refractivity (Wildman–Crippen MR) is 97.1 cm³/mol. The van der Waals surface area contributed by atoms with Crippen molar-refractivity contribution in [2.75, 3.05) is 0 Å². The van der Waals surface area contributed by atoms with Crippen LogP contribution in [-0.4, -0.2) is 21.8 Å². The lowest BCUT2D eigenvalue weighted by molar-refractivity contribution is 0.0730. The first-order chi connectivity index (χ1) is 11.6. The fourth-order valence-corrected chi connectivity index (χ4v) is 3.29. The van der Waals surface area contributed by atoms with Crippen molar-refractivity contribution >= 4 is 16.8 Å². The number of nitrogens with zero attached hydrogens (tertiary/aromatic N) is 1. The Bertz CT molecular complexity index is 891. The highest BCUT2D eigenvalue weighted by Gasteiger charge is 2.33. The monoisotopic (exact) mass is 318 g/mol. The molecule has 0 atom stereocenters. The van der Waals surface area contributed by atoms with Gasteiger partial charge in [-0.1, -0.05) is 30.3 Å². The molecule has 0 spiro atoms. The van der Waals surface area contributed by atoms with Crippen molar-refractivity contribution < 1.29 is 4.79 Å². The van der Waals surface area contributed by atoms with Crippen LogP contribution in [0.4, 0.5) is 0 Å². The minimum Gasteiger partial charge on any atom is -0.358 e. The van der Waals surface area contributed by atoms with Gasteiger partial charge in [0.05, 0.1) is 0 Å². The Morgan fingerprint density at radius 3 is 2.58 bits per heavy atom. The van der Waals surface area contributed by atoms with Crippen molar-refractivity contribution in [2.45, 2.75) is 39.3 Å². The molecule has 1 amide bonds. The minimum atomic E-state index is 0.140. The summed E-state index contributed by atoms with van der Waals surface area (Å²) in [5, 5.41) is 1.15. The number of benzene rings is 2. The maximum absolute atomic E-state index is 13.1. The molecule has 1 aliphatic carbocycles. The molecule has 1 aromatic heterocycles. The van der Waals surface area contributed by atoms with E-state index in [0.29, 0.717) is 12.6 Å². The lowest BCUT2D eigenvalue weighted by Gasteiger charge is -2.23. The van der Waals surface area contributed by atoms with Gasteiger partial charge in [-0.25, -0.2) is 0 Å². The molecule has 0 saturated heterocycles. The highest BCUT2D eigenvalue weighted by molar-refractivity contribution is 5.99. The molecule has 3 aromatic rings. The van der Waals surface area contributed by atoms with E-state index in [2.05, 4.69) is 31.0 Å². The number of fused-ring (bicyclic) bond motifs is 1. The van der Waals surface area contributed by atoms with Crippen LogP contribution in [0, 0.1) is 13.8 Å². The Labute approximate surface area is 142 Å². The van der Waals surface area contributed by atoms with E-state index in [0.717, 1.165) is 35.0 Å². The first-order valence-corrected chi connectivity index (χ1v) is 8.57. The zero-order valence-electron chi connectivity index (χ0n) is 14.2. The Morgan fingerprint density at radius 2 is 1.88 bits per heavy atom. The average molecular weight is 318 g/mol. The maximum Gasteiger partial charge on any atom is 0.254 e. The third-order valence-electron chi connectivity index (χ3n) is 5.00. The topological polar surface area (TPSA) is 36.1 Å². The van der Waals surface area contributed by atoms with E-state index in [9.17, 15) is 4.79 Å². The van der Waals surface area contributed by atoms with Gasteiger partial charge in [-0.2, -0.15) is 0 Å². The molecule has 0 unspecified atom stereocenters. The standard InChI is InChI=1S/C21H22N2O/c1-14-15(2)22-20-11-8-17(12-19(14)20)21(24)23(18-9-10-18)13-16-6-4-3-5-7-16/h3-8,11-12,18,22H,9-10,13H2,1-2H3. The maximum atomic E-state index is 13.1. The highest BCUT2D eigenvalue weighted by atomic mass is 16.2. The minimum absolute atomic E-state index is 0.140. The number of nitrogens with one attached hydrogen (secondary N) is 1. The second kappa shape index (κ2) is 5.82. The van der Waals surface area contributed by atoms with E-state index in [1.54, 1.807) is 0 Å². The van der Waals surface area contributed by atoms with Gasteiger partial charge < -0.3 is 9.88 Å².